The molecule has 6 aromatic rings. The van der Waals surface area contributed by atoms with Crippen LogP contribution < -0.4 is 13.7 Å². The molecule has 0 bridgehead atoms. The van der Waals surface area contributed by atoms with Crippen LogP contribution in [0.5, 0.6) is 0 Å². The monoisotopic (exact) mass is 883 g/mol. The fourth-order valence-electron chi connectivity index (χ4n) is 9.90. The van der Waals surface area contributed by atoms with E-state index in [0.717, 1.165) is 0 Å². The molecule has 0 N–H and O–H groups in total. The predicted molar refractivity (Wildman–Crippen MR) is 233 cm³/mol. The van der Waals surface area contributed by atoms with E-state index >= 15 is 0 Å². The van der Waals surface area contributed by atoms with Gasteiger partial charge in [-0.25, -0.2) is 0 Å². The third kappa shape index (κ3) is 5.79. The average Bonchev–Trinajstić information content (AvgIpc) is 3.85. The van der Waals surface area contributed by atoms with Crippen LogP contribution >= 0.6 is 0 Å². The fourth-order valence-corrected chi connectivity index (χ4v) is 31.0. The first-order valence-corrected chi connectivity index (χ1v) is 27.2. The number of hydrogen-bond acceptors (Lipinski definition) is 0. The second kappa shape index (κ2) is 13.3. The molecule has 0 radical (unpaired) electrons. The second-order valence-electron chi connectivity index (χ2n) is 17.9. The van der Waals surface area contributed by atoms with Gasteiger partial charge in [-0.1, -0.05) is 0 Å². The molecule has 0 aromatic heterocycles. The van der Waals surface area contributed by atoms with Gasteiger partial charge >= 0.3 is 336 Å². The Hall–Kier alpha value is -4.11. The zero-order chi connectivity index (χ0) is 37.5. The molecule has 1 heterocycles. The van der Waals surface area contributed by atoms with Gasteiger partial charge in [-0.2, -0.15) is 0 Å². The molecule has 2 atom stereocenters. The predicted octanol–water partition coefficient (Wildman–Crippen LogP) is 11.3. The van der Waals surface area contributed by atoms with Crippen molar-refractivity contribution in [2.75, 3.05) is 0 Å². The summed E-state index contributed by atoms with van der Waals surface area (Å²) in [5, 5.41) is 3.36. The standard InChI is InChI=1S/2C20H21.C12H9Si.Hf/c2*1-14-8-5-6-10-17(14)18-11-7-9-15-12-16(13-19(15)18)20(2,3)4;1-3-7-11-9(5-1)10-6-2-4-8-12(10)13-11;/h2*5-13H,1-4H3;1-7H,13H2;. The molecular formula is C52H51HfSi. The van der Waals surface area contributed by atoms with Gasteiger partial charge in [0.15, 0.2) is 0 Å². The zero-order valence-corrected chi connectivity index (χ0v) is 38.1. The molecule has 1 aliphatic heterocycles. The third-order valence-corrected chi connectivity index (χ3v) is 28.7. The van der Waals surface area contributed by atoms with Crippen molar-refractivity contribution in [2.24, 2.45) is 10.8 Å². The van der Waals surface area contributed by atoms with E-state index in [-0.39, 0.29) is 10.8 Å². The van der Waals surface area contributed by atoms with Crippen LogP contribution in [0.2, 0.25) is 0 Å². The van der Waals surface area contributed by atoms with Gasteiger partial charge in [0.25, 0.3) is 0 Å². The molecule has 2 unspecified atom stereocenters. The van der Waals surface area contributed by atoms with Crippen LogP contribution in [0, 0.1) is 24.7 Å². The second-order valence-corrected chi connectivity index (χ2v) is 29.1. The van der Waals surface area contributed by atoms with Crippen molar-refractivity contribution >= 4 is 35.4 Å². The summed E-state index contributed by atoms with van der Waals surface area (Å²) in [5.41, 5.74) is 20.6. The van der Waals surface area contributed by atoms with Crippen molar-refractivity contribution in [3.63, 3.8) is 0 Å². The first kappa shape index (κ1) is 35.6. The van der Waals surface area contributed by atoms with Crippen molar-refractivity contribution in [1.82, 2.24) is 0 Å². The molecule has 267 valence electrons. The number of allylic oxidation sites excluding steroid dienone is 2. The molecular weight excluding hydrogens is 831 g/mol. The van der Waals surface area contributed by atoms with Crippen LogP contribution in [0.4, 0.5) is 0 Å². The number of hydrogen-bond donors (Lipinski definition) is 0. The van der Waals surface area contributed by atoms with Crippen LogP contribution in [-0.2, 0) is 21.4 Å². The Morgan fingerprint density at radius 3 is 1.37 bits per heavy atom. The van der Waals surface area contributed by atoms with Crippen LogP contribution in [0.1, 0.15) is 82.3 Å². The SMILES string of the molecule is Cc1ccccc1-c1cccc2c1C=C(C(C)(C)C)[CH]2[Hf]([c]1cccc2c1[SiH2]c1ccccc1-2)[CH]1C(C(C)(C)C)=Cc2c(-c3ccccc3C)cccc21. The molecule has 54 heavy (non-hydrogen) atoms. The minimum absolute atomic E-state index is 0.0248. The van der Waals surface area contributed by atoms with Crippen LogP contribution in [-0.4, -0.2) is 9.52 Å². The van der Waals surface area contributed by atoms with E-state index in [9.17, 15) is 0 Å². The van der Waals surface area contributed by atoms with Gasteiger partial charge in [-0.05, 0) is 0 Å². The normalized spacial score (nSPS) is 17.5. The number of rotatable bonds is 5. The number of fused-ring (bicyclic) bond motifs is 5. The molecule has 0 fully saturated rings. The van der Waals surface area contributed by atoms with Gasteiger partial charge in [0.2, 0.25) is 0 Å². The van der Waals surface area contributed by atoms with E-state index in [0.29, 0.717) is 7.35 Å². The van der Waals surface area contributed by atoms with Gasteiger partial charge in [-0.3, -0.25) is 0 Å². The summed E-state index contributed by atoms with van der Waals surface area (Å²) < 4.78 is 2.65. The summed E-state index contributed by atoms with van der Waals surface area (Å²) in [6.45, 7) is 19.4. The van der Waals surface area contributed by atoms with E-state index in [1.165, 1.54) is 55.6 Å². The molecule has 0 saturated carbocycles. The summed E-state index contributed by atoms with van der Waals surface area (Å²) in [6.07, 6.45) is 5.34. The van der Waals surface area contributed by atoms with Gasteiger partial charge in [0, 0.05) is 0 Å². The molecule has 3 aliphatic rings. The van der Waals surface area contributed by atoms with Gasteiger partial charge < -0.3 is 0 Å². The van der Waals surface area contributed by atoms with Crippen LogP contribution in [0.25, 0.3) is 45.5 Å². The third-order valence-electron chi connectivity index (χ3n) is 12.5. The Morgan fingerprint density at radius 2 is 0.870 bits per heavy atom. The van der Waals surface area contributed by atoms with E-state index in [1.807, 2.05) is 0 Å². The van der Waals surface area contributed by atoms with E-state index in [4.69, 9.17) is 0 Å². The van der Waals surface area contributed by atoms with Crippen molar-refractivity contribution in [3.8, 4) is 33.4 Å². The Balaban J connectivity index is 1.35. The van der Waals surface area contributed by atoms with Crippen molar-refractivity contribution in [2.45, 2.75) is 62.7 Å². The van der Waals surface area contributed by atoms with Gasteiger partial charge in [0.1, 0.15) is 0 Å². The summed E-state index contributed by atoms with van der Waals surface area (Å²) in [6, 6.07) is 49.4. The summed E-state index contributed by atoms with van der Waals surface area (Å²) in [4.78, 5) is 0. The van der Waals surface area contributed by atoms with Crippen molar-refractivity contribution in [3.05, 3.63) is 172 Å². The van der Waals surface area contributed by atoms with E-state index in [2.05, 4.69) is 195 Å². The summed E-state index contributed by atoms with van der Waals surface area (Å²) in [7, 11) is -0.635. The molecule has 2 heteroatoms. The first-order valence-electron chi connectivity index (χ1n) is 19.8. The van der Waals surface area contributed by atoms with E-state index in [1.54, 1.807) is 36.0 Å². The van der Waals surface area contributed by atoms with E-state index < -0.39 is 31.0 Å². The van der Waals surface area contributed by atoms with Crippen molar-refractivity contribution in [1.29, 1.82) is 0 Å². The molecule has 0 spiro atoms. The average molecular weight is 883 g/mol. The van der Waals surface area contributed by atoms with Gasteiger partial charge in [-0.15, -0.1) is 0 Å². The fraction of sp³-hybridized carbons (Fsp3) is 0.231. The molecule has 0 amide bonds. The molecule has 0 nitrogen and oxygen atoms in total. The first-order chi connectivity index (χ1) is 25.9. The quantitative estimate of drug-likeness (QED) is 0.151. The Morgan fingerprint density at radius 1 is 0.444 bits per heavy atom. The molecule has 9 rings (SSSR count). The number of benzene rings is 6. The summed E-state index contributed by atoms with van der Waals surface area (Å²) >= 11 is -3.21. The topological polar surface area (TPSA) is 0 Å². The Kier molecular flexibility index (Phi) is 8.75. The van der Waals surface area contributed by atoms with Crippen molar-refractivity contribution < 1.29 is 21.4 Å². The van der Waals surface area contributed by atoms with Crippen LogP contribution in [0.15, 0.2) is 139 Å². The Labute approximate surface area is 333 Å². The molecule has 2 aliphatic carbocycles. The maximum absolute atomic E-state index is 3.21. The van der Waals surface area contributed by atoms with Gasteiger partial charge in [0.05, 0.1) is 0 Å². The summed E-state index contributed by atoms with van der Waals surface area (Å²) in [5.74, 6) is 0. The Bertz CT molecular complexity index is 2400. The molecule has 6 aromatic carbocycles. The maximum atomic E-state index is 2.67. The minimum atomic E-state index is -3.21. The molecule has 0 saturated heterocycles. The zero-order valence-electron chi connectivity index (χ0n) is 33.1. The number of aryl methyl sites for hydroxylation is 2. The van der Waals surface area contributed by atoms with Crippen LogP contribution in [0.3, 0.4) is 0 Å².